The van der Waals surface area contributed by atoms with Gasteiger partial charge in [0.05, 0.1) is 5.54 Å². The van der Waals surface area contributed by atoms with Gasteiger partial charge in [-0.05, 0) is 25.1 Å². The largest absolute Gasteiger partial charge is 0.468 e. The third kappa shape index (κ3) is 3.18. The third-order valence-corrected chi connectivity index (χ3v) is 3.73. The summed E-state index contributed by atoms with van der Waals surface area (Å²) in [6, 6.07) is 0. The predicted molar refractivity (Wildman–Crippen MR) is 72.9 cm³/mol. The first-order valence-corrected chi connectivity index (χ1v) is 6.95. The van der Waals surface area contributed by atoms with Crippen molar-refractivity contribution in [1.82, 2.24) is 4.90 Å². The van der Waals surface area contributed by atoms with Crippen LogP contribution in [0.3, 0.4) is 0 Å². The van der Waals surface area contributed by atoms with Crippen LogP contribution in [0.1, 0.15) is 59.3 Å². The molecule has 0 aromatic rings. The molecule has 0 aromatic heterocycles. The summed E-state index contributed by atoms with van der Waals surface area (Å²) in [6.45, 7) is 6.48. The minimum Gasteiger partial charge on any atom is -0.468 e. The van der Waals surface area contributed by atoms with Gasteiger partial charge in [0, 0.05) is 6.92 Å². The number of carbonyl (C=O) groups excluding carboxylic acids is 1. The quantitative estimate of drug-likeness (QED) is 0.684. The van der Waals surface area contributed by atoms with Crippen molar-refractivity contribution < 1.29 is 9.53 Å². The summed E-state index contributed by atoms with van der Waals surface area (Å²) in [4.78, 5) is 13.5. The lowest BCUT2D eigenvalue weighted by Gasteiger charge is -2.34. The summed E-state index contributed by atoms with van der Waals surface area (Å²) in [7, 11) is 0. The fraction of sp³-hybridized carbons (Fsp3) is 0.846. The van der Waals surface area contributed by atoms with Crippen LogP contribution in [0.5, 0.6) is 0 Å². The van der Waals surface area contributed by atoms with Crippen molar-refractivity contribution in [3.8, 4) is 0 Å². The van der Waals surface area contributed by atoms with E-state index < -0.39 is 0 Å². The Hall–Kier alpha value is -0.640. The van der Waals surface area contributed by atoms with Crippen LogP contribution in [0, 0.1) is 0 Å². The van der Waals surface area contributed by atoms with E-state index in [1.807, 2.05) is 0 Å². The average Bonchev–Trinajstić information content (AvgIpc) is 2.62. The van der Waals surface area contributed by atoms with E-state index in [2.05, 4.69) is 13.8 Å². The average molecular weight is 257 g/mol. The molecule has 0 bridgehead atoms. The Morgan fingerprint density at radius 2 is 1.88 bits per heavy atom. The minimum atomic E-state index is -0.172. The summed E-state index contributed by atoms with van der Waals surface area (Å²) < 4.78 is 5.47. The van der Waals surface area contributed by atoms with Crippen molar-refractivity contribution in [3.63, 3.8) is 0 Å². The maximum absolute atomic E-state index is 11.8. The Morgan fingerprint density at radius 1 is 1.35 bits per heavy atom. The molecule has 1 aliphatic heterocycles. The van der Waals surface area contributed by atoms with Gasteiger partial charge in [0.25, 0.3) is 5.17 Å². The predicted octanol–water partition coefficient (Wildman–Crippen LogP) is 3.27. The molecule has 4 heteroatoms. The van der Waals surface area contributed by atoms with E-state index in [1.165, 1.54) is 0 Å². The van der Waals surface area contributed by atoms with Gasteiger partial charge in [-0.1, -0.05) is 39.5 Å². The van der Waals surface area contributed by atoms with Crippen molar-refractivity contribution in [2.75, 3.05) is 6.61 Å². The minimum absolute atomic E-state index is 0.0136. The highest BCUT2D eigenvalue weighted by atomic mass is 32.1. The molecule has 1 fully saturated rings. The zero-order valence-corrected chi connectivity index (χ0v) is 11.9. The lowest BCUT2D eigenvalue weighted by atomic mass is 9.87. The highest BCUT2D eigenvalue weighted by molar-refractivity contribution is 7.80. The first-order chi connectivity index (χ1) is 8.07. The van der Waals surface area contributed by atoms with Gasteiger partial charge in [0.2, 0.25) is 5.91 Å². The number of amides is 1. The second-order valence-corrected chi connectivity index (χ2v) is 5.19. The molecule has 0 N–H and O–H groups in total. The normalized spacial score (nSPS) is 18.3. The van der Waals surface area contributed by atoms with E-state index in [1.54, 1.807) is 11.8 Å². The number of rotatable bonds is 6. The van der Waals surface area contributed by atoms with Crippen molar-refractivity contribution >= 4 is 23.3 Å². The molecule has 17 heavy (non-hydrogen) atoms. The number of hydrogen-bond donors (Lipinski definition) is 0. The molecule has 3 nitrogen and oxygen atoms in total. The lowest BCUT2D eigenvalue weighted by molar-refractivity contribution is -0.128. The van der Waals surface area contributed by atoms with Gasteiger partial charge in [-0.3, -0.25) is 9.69 Å². The van der Waals surface area contributed by atoms with Crippen molar-refractivity contribution in [2.24, 2.45) is 0 Å². The fourth-order valence-electron chi connectivity index (χ4n) is 2.49. The van der Waals surface area contributed by atoms with Crippen LogP contribution in [0.2, 0.25) is 0 Å². The molecule has 1 heterocycles. The maximum Gasteiger partial charge on any atom is 0.266 e. The van der Waals surface area contributed by atoms with E-state index in [4.69, 9.17) is 17.0 Å². The molecule has 0 aromatic carbocycles. The molecule has 0 atom stereocenters. The van der Waals surface area contributed by atoms with Crippen LogP contribution >= 0.6 is 12.2 Å². The van der Waals surface area contributed by atoms with Gasteiger partial charge in [-0.15, -0.1) is 0 Å². The Labute approximate surface area is 110 Å². The Morgan fingerprint density at radius 3 is 2.29 bits per heavy atom. The number of unbranched alkanes of at least 4 members (excludes halogenated alkanes) is 2. The molecule has 1 aliphatic rings. The van der Waals surface area contributed by atoms with Crippen LogP contribution in [-0.4, -0.2) is 28.1 Å². The van der Waals surface area contributed by atoms with Gasteiger partial charge in [0.15, 0.2) is 0 Å². The molecule has 98 valence electrons. The smallest absolute Gasteiger partial charge is 0.266 e. The summed E-state index contributed by atoms with van der Waals surface area (Å²) in [5.41, 5.74) is -0.172. The van der Waals surface area contributed by atoms with Crippen molar-refractivity contribution in [1.29, 1.82) is 0 Å². The second kappa shape index (κ2) is 6.34. The maximum atomic E-state index is 11.8. The van der Waals surface area contributed by atoms with Gasteiger partial charge >= 0.3 is 0 Å². The van der Waals surface area contributed by atoms with Crippen LogP contribution < -0.4 is 0 Å². The highest BCUT2D eigenvalue weighted by Gasteiger charge is 2.46. The number of ether oxygens (including phenoxy) is 1. The summed E-state index contributed by atoms with van der Waals surface area (Å²) in [5.74, 6) is 0.0136. The molecule has 0 spiro atoms. The van der Waals surface area contributed by atoms with Crippen LogP contribution in [-0.2, 0) is 9.53 Å². The van der Waals surface area contributed by atoms with E-state index in [0.29, 0.717) is 11.8 Å². The van der Waals surface area contributed by atoms with E-state index in [-0.39, 0.29) is 11.4 Å². The Balaban J connectivity index is 2.86. The number of carbonyl (C=O) groups is 1. The molecular formula is C13H23NO2S. The fourth-order valence-corrected chi connectivity index (χ4v) is 2.87. The Bertz CT molecular complexity index is 283. The van der Waals surface area contributed by atoms with Crippen LogP contribution in [0.15, 0.2) is 0 Å². The third-order valence-electron chi connectivity index (χ3n) is 3.43. The molecule has 1 amide bonds. The molecule has 0 unspecified atom stereocenters. The molecule has 0 saturated carbocycles. The zero-order valence-electron chi connectivity index (χ0n) is 11.1. The van der Waals surface area contributed by atoms with Gasteiger partial charge in [0.1, 0.15) is 6.61 Å². The SMILES string of the molecule is CCCCC1(CCCC)COC(=S)N1C(C)=O. The first kappa shape index (κ1) is 14.4. The topological polar surface area (TPSA) is 29.5 Å². The zero-order chi connectivity index (χ0) is 12.9. The van der Waals surface area contributed by atoms with Gasteiger partial charge in [-0.2, -0.15) is 0 Å². The number of nitrogens with zero attached hydrogens (tertiary/aromatic N) is 1. The first-order valence-electron chi connectivity index (χ1n) is 6.55. The van der Waals surface area contributed by atoms with Crippen molar-refractivity contribution in [3.05, 3.63) is 0 Å². The van der Waals surface area contributed by atoms with E-state index in [9.17, 15) is 4.79 Å². The summed E-state index contributed by atoms with van der Waals surface area (Å²) >= 11 is 5.15. The number of thiocarbonyl (C=S) groups is 1. The number of hydrogen-bond acceptors (Lipinski definition) is 3. The van der Waals surface area contributed by atoms with Gasteiger partial charge in [-0.25, -0.2) is 0 Å². The van der Waals surface area contributed by atoms with Crippen molar-refractivity contribution in [2.45, 2.75) is 64.8 Å². The monoisotopic (exact) mass is 257 g/mol. The van der Waals surface area contributed by atoms with Crippen LogP contribution in [0.4, 0.5) is 0 Å². The molecule has 1 rings (SSSR count). The van der Waals surface area contributed by atoms with Gasteiger partial charge < -0.3 is 4.74 Å². The second-order valence-electron chi connectivity index (χ2n) is 4.84. The summed E-state index contributed by atoms with van der Waals surface area (Å²) in [5, 5.41) is 0.365. The molecule has 0 radical (unpaired) electrons. The molecule has 0 aliphatic carbocycles. The lowest BCUT2D eigenvalue weighted by Crippen LogP contribution is -2.49. The standard InChI is InChI=1S/C13H23NO2S/c1-4-6-8-13(9-7-5-2)10-16-12(17)14(13)11(3)15/h4-10H2,1-3H3. The van der Waals surface area contributed by atoms with E-state index in [0.717, 1.165) is 38.5 Å². The highest BCUT2D eigenvalue weighted by Crippen LogP contribution is 2.34. The molecular weight excluding hydrogens is 234 g/mol. The Kier molecular flexibility index (Phi) is 5.37. The van der Waals surface area contributed by atoms with E-state index >= 15 is 0 Å². The summed E-state index contributed by atoms with van der Waals surface area (Å²) in [6.07, 6.45) is 6.46. The molecule has 1 saturated heterocycles. The van der Waals surface area contributed by atoms with Crippen LogP contribution in [0.25, 0.3) is 0 Å².